The fraction of sp³-hybridized carbons (Fsp3) is 0.129. The molecule has 0 spiro atoms. The second-order valence-electron chi connectivity index (χ2n) is 8.94. The van der Waals surface area contributed by atoms with E-state index in [1.54, 1.807) is 0 Å². The number of amides is 1. The molecule has 1 amide bonds. The number of hydrogen-bond donors (Lipinski definition) is 0. The van der Waals surface area contributed by atoms with Crippen LogP contribution in [0.1, 0.15) is 16.7 Å². The van der Waals surface area contributed by atoms with Gasteiger partial charge in [-0.05, 0) is 53.9 Å². The first-order valence-corrected chi connectivity index (χ1v) is 13.7. The Labute approximate surface area is 232 Å². The van der Waals surface area contributed by atoms with Crippen molar-refractivity contribution in [2.75, 3.05) is 5.75 Å². The second kappa shape index (κ2) is 12.1. The Bertz CT molecular complexity index is 1460. The quantitative estimate of drug-likeness (QED) is 0.186. The molecule has 1 aromatic heterocycles. The number of nitrogens with zero attached hydrogens (tertiary/aromatic N) is 4. The molecule has 5 nitrogen and oxygen atoms in total. The maximum Gasteiger partial charge on any atom is 0.233 e. The third kappa shape index (κ3) is 6.15. The fourth-order valence-electron chi connectivity index (χ4n) is 4.24. The van der Waals surface area contributed by atoms with Crippen LogP contribution in [0.4, 0.5) is 0 Å². The van der Waals surface area contributed by atoms with Gasteiger partial charge in [-0.3, -0.25) is 9.36 Å². The van der Waals surface area contributed by atoms with Crippen LogP contribution in [0.2, 0.25) is 5.02 Å². The number of thioether (sulfide) groups is 1. The lowest BCUT2D eigenvalue weighted by atomic mass is 10.1. The SMILES string of the molecule is Cc1ccccc1-n1c(SCC(=O)N(Cc2ccccc2)Cc2ccccc2)nnc1-c1ccc(Cl)cc1. The van der Waals surface area contributed by atoms with Crippen molar-refractivity contribution < 1.29 is 4.79 Å². The van der Waals surface area contributed by atoms with Gasteiger partial charge in [0.1, 0.15) is 0 Å². The van der Waals surface area contributed by atoms with Crippen molar-refractivity contribution in [3.05, 3.63) is 131 Å². The number of carbonyl (C=O) groups is 1. The summed E-state index contributed by atoms with van der Waals surface area (Å²) in [7, 11) is 0. The topological polar surface area (TPSA) is 51.0 Å². The van der Waals surface area contributed by atoms with Crippen molar-refractivity contribution in [3.8, 4) is 17.1 Å². The lowest BCUT2D eigenvalue weighted by Crippen LogP contribution is -2.31. The van der Waals surface area contributed by atoms with Gasteiger partial charge in [0.2, 0.25) is 5.91 Å². The number of para-hydroxylation sites is 1. The minimum Gasteiger partial charge on any atom is -0.333 e. The molecule has 0 atom stereocenters. The van der Waals surface area contributed by atoms with E-state index in [-0.39, 0.29) is 11.7 Å². The van der Waals surface area contributed by atoms with Crippen molar-refractivity contribution >= 4 is 29.3 Å². The van der Waals surface area contributed by atoms with Crippen LogP contribution in [0, 0.1) is 6.92 Å². The van der Waals surface area contributed by atoms with Crippen LogP contribution < -0.4 is 0 Å². The predicted molar refractivity (Wildman–Crippen MR) is 154 cm³/mol. The zero-order valence-corrected chi connectivity index (χ0v) is 22.6. The summed E-state index contributed by atoms with van der Waals surface area (Å²) in [5, 5.41) is 10.3. The number of aromatic nitrogens is 3. The first-order chi connectivity index (χ1) is 18.6. The smallest absolute Gasteiger partial charge is 0.233 e. The molecule has 0 aliphatic heterocycles. The van der Waals surface area contributed by atoms with Gasteiger partial charge in [0.05, 0.1) is 11.4 Å². The monoisotopic (exact) mass is 538 g/mol. The van der Waals surface area contributed by atoms with E-state index in [2.05, 4.69) is 23.2 Å². The summed E-state index contributed by atoms with van der Waals surface area (Å²) in [4.78, 5) is 15.5. The molecule has 0 aliphatic rings. The molecule has 0 fully saturated rings. The van der Waals surface area contributed by atoms with Crippen LogP contribution >= 0.6 is 23.4 Å². The van der Waals surface area contributed by atoms with Crippen LogP contribution in [-0.2, 0) is 17.9 Å². The van der Waals surface area contributed by atoms with Crippen LogP contribution in [0.15, 0.2) is 114 Å². The summed E-state index contributed by atoms with van der Waals surface area (Å²) >= 11 is 7.53. The van der Waals surface area contributed by atoms with E-state index in [4.69, 9.17) is 11.6 Å². The van der Waals surface area contributed by atoms with Crippen LogP contribution in [0.5, 0.6) is 0 Å². The van der Waals surface area contributed by atoms with Gasteiger partial charge >= 0.3 is 0 Å². The van der Waals surface area contributed by atoms with Gasteiger partial charge in [0.25, 0.3) is 0 Å². The average Bonchev–Trinajstić information content (AvgIpc) is 3.37. The Morgan fingerprint density at radius 2 is 1.37 bits per heavy atom. The highest BCUT2D eigenvalue weighted by Gasteiger charge is 2.21. The van der Waals surface area contributed by atoms with Gasteiger partial charge in [-0.25, -0.2) is 0 Å². The normalized spacial score (nSPS) is 10.9. The maximum absolute atomic E-state index is 13.6. The summed E-state index contributed by atoms with van der Waals surface area (Å²) < 4.78 is 2.02. The van der Waals surface area contributed by atoms with E-state index >= 15 is 0 Å². The molecule has 0 unspecified atom stereocenters. The molecule has 5 aromatic rings. The van der Waals surface area contributed by atoms with Gasteiger partial charge in [0.15, 0.2) is 11.0 Å². The highest BCUT2D eigenvalue weighted by molar-refractivity contribution is 7.99. The van der Waals surface area contributed by atoms with Crippen LogP contribution in [-0.4, -0.2) is 31.3 Å². The molecule has 190 valence electrons. The number of carbonyl (C=O) groups excluding carboxylic acids is 1. The van der Waals surface area contributed by atoms with Gasteiger partial charge in [0, 0.05) is 23.7 Å². The van der Waals surface area contributed by atoms with Gasteiger partial charge < -0.3 is 4.90 Å². The van der Waals surface area contributed by atoms with Gasteiger partial charge in [-0.2, -0.15) is 0 Å². The number of halogens is 1. The van der Waals surface area contributed by atoms with E-state index < -0.39 is 0 Å². The van der Waals surface area contributed by atoms with Crippen molar-refractivity contribution in [1.82, 2.24) is 19.7 Å². The standard InChI is InChI=1S/C31H27ClN4OS/c1-23-10-8-9-15-28(23)36-30(26-16-18-27(32)19-17-26)33-34-31(36)38-22-29(37)35(20-24-11-4-2-5-12-24)21-25-13-6-3-7-14-25/h2-19H,20-22H2,1H3. The van der Waals surface area contributed by atoms with Crippen molar-refractivity contribution in [1.29, 1.82) is 0 Å². The molecule has 0 radical (unpaired) electrons. The number of rotatable bonds is 9. The van der Waals surface area contributed by atoms with E-state index in [1.165, 1.54) is 11.8 Å². The Kier molecular flexibility index (Phi) is 8.22. The first-order valence-electron chi connectivity index (χ1n) is 12.3. The molecule has 0 saturated carbocycles. The summed E-state index contributed by atoms with van der Waals surface area (Å²) in [6.07, 6.45) is 0. The van der Waals surface area contributed by atoms with E-state index in [9.17, 15) is 4.79 Å². The largest absolute Gasteiger partial charge is 0.333 e. The summed E-state index contributed by atoms with van der Waals surface area (Å²) in [6, 6.07) is 35.8. The van der Waals surface area contributed by atoms with Gasteiger partial charge in [-0.1, -0.05) is 102 Å². The number of hydrogen-bond acceptors (Lipinski definition) is 4. The molecule has 0 bridgehead atoms. The fourth-order valence-corrected chi connectivity index (χ4v) is 5.21. The lowest BCUT2D eigenvalue weighted by molar-refractivity contribution is -0.129. The Morgan fingerprint density at radius 3 is 1.97 bits per heavy atom. The molecule has 4 aromatic carbocycles. The molecule has 38 heavy (non-hydrogen) atoms. The molecule has 0 aliphatic carbocycles. The maximum atomic E-state index is 13.6. The van der Waals surface area contributed by atoms with E-state index in [0.29, 0.717) is 29.1 Å². The molecule has 0 N–H and O–H groups in total. The Balaban J connectivity index is 1.42. The third-order valence-corrected chi connectivity index (χ3v) is 7.37. The number of benzene rings is 4. The summed E-state index contributed by atoms with van der Waals surface area (Å²) in [5.74, 6) is 0.982. The minimum atomic E-state index is 0.0371. The predicted octanol–water partition coefficient (Wildman–Crippen LogP) is 7.22. The molecule has 5 rings (SSSR count). The minimum absolute atomic E-state index is 0.0371. The first kappa shape index (κ1) is 25.8. The molecular formula is C31H27ClN4OS. The second-order valence-corrected chi connectivity index (χ2v) is 10.3. The van der Waals surface area contributed by atoms with E-state index in [1.807, 2.05) is 113 Å². The van der Waals surface area contributed by atoms with Gasteiger partial charge in [-0.15, -0.1) is 10.2 Å². The highest BCUT2D eigenvalue weighted by Crippen LogP contribution is 2.30. The molecular weight excluding hydrogens is 512 g/mol. The summed E-state index contributed by atoms with van der Waals surface area (Å²) in [5.41, 5.74) is 5.15. The molecule has 1 heterocycles. The highest BCUT2D eigenvalue weighted by atomic mass is 35.5. The van der Waals surface area contributed by atoms with Crippen molar-refractivity contribution in [2.45, 2.75) is 25.2 Å². The zero-order valence-electron chi connectivity index (χ0n) is 21.0. The van der Waals surface area contributed by atoms with Crippen molar-refractivity contribution in [2.24, 2.45) is 0 Å². The van der Waals surface area contributed by atoms with E-state index in [0.717, 1.165) is 27.9 Å². The summed E-state index contributed by atoms with van der Waals surface area (Å²) in [6.45, 7) is 3.13. The molecule has 7 heteroatoms. The number of aryl methyl sites for hydroxylation is 1. The van der Waals surface area contributed by atoms with Crippen LogP contribution in [0.25, 0.3) is 17.1 Å². The Morgan fingerprint density at radius 1 is 0.789 bits per heavy atom. The Hall–Kier alpha value is -3.87. The van der Waals surface area contributed by atoms with Crippen molar-refractivity contribution in [3.63, 3.8) is 0 Å². The third-order valence-electron chi connectivity index (χ3n) is 6.20. The average molecular weight is 539 g/mol. The lowest BCUT2D eigenvalue weighted by Gasteiger charge is -2.23. The van der Waals surface area contributed by atoms with Crippen LogP contribution in [0.3, 0.4) is 0 Å². The zero-order chi connectivity index (χ0) is 26.3. The molecule has 0 saturated heterocycles.